The molecule has 1 spiro atoms. The first kappa shape index (κ1) is 55.1. The first-order valence-corrected chi connectivity index (χ1v) is 31.8. The van der Waals surface area contributed by atoms with Crippen molar-refractivity contribution in [2.75, 3.05) is 55.7 Å². The number of methoxy groups -OCH3 is 3. The number of halogens is 1. The summed E-state index contributed by atoms with van der Waals surface area (Å²) in [4.78, 5) is 76.5. The number of aliphatic imine (C=N–C) groups is 1. The third-order valence-corrected chi connectivity index (χ3v) is 26.2. The van der Waals surface area contributed by atoms with Crippen molar-refractivity contribution in [3.63, 3.8) is 0 Å². The van der Waals surface area contributed by atoms with Crippen molar-refractivity contribution in [3.8, 4) is 28.7 Å². The average Bonchev–Trinajstić information content (AvgIpc) is 3.99. The summed E-state index contributed by atoms with van der Waals surface area (Å²) in [5.41, 5.74) is 10.5. The summed E-state index contributed by atoms with van der Waals surface area (Å²) in [5.74, 6) is 0.831. The van der Waals surface area contributed by atoms with Crippen LogP contribution in [0.2, 0.25) is 0 Å². The van der Waals surface area contributed by atoms with Crippen LogP contribution in [-0.2, 0) is 20.9 Å². The van der Waals surface area contributed by atoms with Crippen molar-refractivity contribution in [1.29, 1.82) is 0 Å². The van der Waals surface area contributed by atoms with Crippen LogP contribution in [-0.4, -0.2) is 118 Å². The maximum atomic E-state index is 14.8. The molecule has 5 aliphatic rings. The fraction of sp³-hybridized carbons (Fsp3) is 0.400. The molecule has 19 heteroatoms. The zero-order valence-electron chi connectivity index (χ0n) is 45.5. The van der Waals surface area contributed by atoms with E-state index in [1.54, 1.807) is 62.4 Å². The second kappa shape index (κ2) is 22.5. The molecule has 4 amide bonds. The second-order valence-corrected chi connectivity index (χ2v) is 30.4. The van der Waals surface area contributed by atoms with E-state index in [0.29, 0.717) is 53.4 Å². The number of nitrogens with two attached hydrogens (primary N) is 1. The number of rotatable bonds is 18. The Balaban J connectivity index is 0.810. The van der Waals surface area contributed by atoms with E-state index >= 15 is 0 Å². The molecule has 4 aliphatic heterocycles. The van der Waals surface area contributed by atoms with E-state index in [1.165, 1.54) is 24.8 Å². The summed E-state index contributed by atoms with van der Waals surface area (Å²) in [5, 5.41) is 19.7. The molecular weight excluding hydrogens is 1120 g/mol. The van der Waals surface area contributed by atoms with Gasteiger partial charge in [0, 0.05) is 12.2 Å². The zero-order chi connectivity index (χ0) is 55.9. The van der Waals surface area contributed by atoms with Crippen LogP contribution in [0.3, 0.4) is 0 Å². The van der Waals surface area contributed by atoms with Crippen LogP contribution in [0.5, 0.6) is 28.7 Å². The Bertz CT molecular complexity index is 3290. The number of aliphatic hydroxyl groups excluding tert-OH is 1. The van der Waals surface area contributed by atoms with Gasteiger partial charge in [0.2, 0.25) is 11.8 Å². The number of fused-ring (bicyclic) bond motifs is 5. The van der Waals surface area contributed by atoms with E-state index in [9.17, 15) is 29.1 Å². The van der Waals surface area contributed by atoms with E-state index in [2.05, 4.69) is 45.9 Å². The molecule has 6 atom stereocenters. The number of carbonyl (C=O) groups is 5. The van der Waals surface area contributed by atoms with Crippen LogP contribution in [0.4, 0.5) is 21.9 Å². The van der Waals surface area contributed by atoms with Crippen molar-refractivity contribution in [3.05, 3.63) is 111 Å². The SMILES string of the molecule is CC[I-]12C=C(c3ccc4cc(OC)ccc4c3)C[C@H]1C=Nc1cc(OCCCOc3cc4c(cc3OC)C(=O)N3CC5(CC5)C[C@H]3C(O)N4C(=O)OCc3ccc(NC(=O)[C@H](C)NC(=O)[C@@H](N)C(C)C)cc3)c(OC)cc1C2=O. The number of benzene rings is 5. The van der Waals surface area contributed by atoms with Gasteiger partial charge in [-0.3, -0.25) is 14.4 Å². The molecule has 418 valence electrons. The van der Waals surface area contributed by atoms with Gasteiger partial charge in [-0.25, -0.2) is 9.69 Å². The predicted octanol–water partition coefficient (Wildman–Crippen LogP) is 5.46. The number of carbonyl (C=O) groups excluding carboxylic acids is 5. The average molecular weight is 1190 g/mol. The number of anilines is 2. The van der Waals surface area contributed by atoms with Gasteiger partial charge >= 0.3 is 239 Å². The molecule has 2 fully saturated rings. The van der Waals surface area contributed by atoms with E-state index < -0.39 is 60.7 Å². The zero-order valence-corrected chi connectivity index (χ0v) is 47.7. The van der Waals surface area contributed by atoms with Crippen LogP contribution in [0.25, 0.3) is 16.3 Å². The number of allylic oxidation sites excluding steroid dienone is 1. The number of amides is 4. The van der Waals surface area contributed by atoms with E-state index in [0.717, 1.165) is 50.7 Å². The fourth-order valence-corrected chi connectivity index (χ4v) is 20.0. The molecule has 1 aliphatic carbocycles. The molecule has 0 radical (unpaired) electrons. The summed E-state index contributed by atoms with van der Waals surface area (Å²) in [6, 6.07) is 23.4. The number of aliphatic hydroxyl groups is 1. The second-order valence-electron chi connectivity index (χ2n) is 21.2. The minimum atomic E-state index is -3.32. The van der Waals surface area contributed by atoms with Gasteiger partial charge < -0.3 is 35.8 Å². The minimum absolute atomic E-state index is 0.0305. The van der Waals surface area contributed by atoms with Crippen LogP contribution < -0.4 is 63.4 Å². The van der Waals surface area contributed by atoms with Gasteiger partial charge in [-0.05, 0) is 61.3 Å². The van der Waals surface area contributed by atoms with Gasteiger partial charge in [-0.2, -0.15) is 0 Å². The standard InChI is InChI=1S/C60H68IN6O12/c1-8-61-30-40(38-12-13-39-24-43(74-5)17-14-37(39)22-38)23-41(61)31-63-46-27-51(49(75-6)25-44(46)54(61)68)77-20-9-21-78-52-28-47-45(26-50(52)76-7)57(71)66-33-60(18-19-60)29-48(66)58(72)67(47)59(73)79-32-36-10-15-42(16-11-36)65-55(69)35(4)64-56(70)53(62)34(2)3/h10-17,22,24-28,30-31,34-35,41,48,53,58,72H,8-9,18-21,23,29,32-33,62H2,1-7H3,(H,64,70)(H,65,69)/q-1/t35-,41-,48-,53-,58?/m0/s1. The number of alkyl halides is 2. The molecule has 4 heterocycles. The summed E-state index contributed by atoms with van der Waals surface area (Å²) in [6.45, 7) is 7.91. The van der Waals surface area contributed by atoms with Gasteiger partial charge in [-0.15, -0.1) is 0 Å². The Hall–Kier alpha value is -7.23. The maximum absolute atomic E-state index is 14.8. The van der Waals surface area contributed by atoms with Crippen LogP contribution in [0, 0.1) is 11.3 Å². The van der Waals surface area contributed by atoms with Gasteiger partial charge in [-0.1, -0.05) is 26.0 Å². The Morgan fingerprint density at radius 2 is 1.52 bits per heavy atom. The van der Waals surface area contributed by atoms with E-state index in [-0.39, 0.29) is 67.5 Å². The number of hydrogen-bond acceptors (Lipinski definition) is 14. The van der Waals surface area contributed by atoms with Crippen LogP contribution in [0.15, 0.2) is 94.0 Å². The molecule has 5 aromatic carbocycles. The van der Waals surface area contributed by atoms with Crippen LogP contribution in [0.1, 0.15) is 91.6 Å². The molecule has 1 saturated carbocycles. The molecule has 10 rings (SSSR count). The van der Waals surface area contributed by atoms with E-state index in [4.69, 9.17) is 39.1 Å². The molecule has 79 heavy (non-hydrogen) atoms. The van der Waals surface area contributed by atoms with Crippen LogP contribution >= 0.6 is 0 Å². The summed E-state index contributed by atoms with van der Waals surface area (Å²) < 4.78 is 38.7. The predicted molar refractivity (Wildman–Crippen MR) is 297 cm³/mol. The Morgan fingerprint density at radius 1 is 0.835 bits per heavy atom. The topological polar surface area (TPSA) is 230 Å². The third kappa shape index (κ3) is 10.8. The van der Waals surface area contributed by atoms with Crippen molar-refractivity contribution < 1.29 is 75.9 Å². The monoisotopic (exact) mass is 1190 g/mol. The van der Waals surface area contributed by atoms with Crippen molar-refractivity contribution in [2.24, 2.45) is 22.1 Å². The summed E-state index contributed by atoms with van der Waals surface area (Å²) in [6.07, 6.45) is 3.16. The van der Waals surface area contributed by atoms with Crippen molar-refractivity contribution in [1.82, 2.24) is 10.2 Å². The Kier molecular flexibility index (Phi) is 15.7. The quantitative estimate of drug-likeness (QED) is 0.0370. The number of ether oxygens (including phenoxy) is 6. The molecule has 18 nitrogen and oxygen atoms in total. The number of nitrogens with zero attached hydrogens (tertiary/aromatic N) is 3. The number of nitrogens with one attached hydrogen (secondary N) is 2. The third-order valence-electron chi connectivity index (χ3n) is 15.8. The Morgan fingerprint density at radius 3 is 2.19 bits per heavy atom. The molecule has 0 bridgehead atoms. The van der Waals surface area contributed by atoms with Gasteiger partial charge in [0.05, 0.1) is 30.4 Å². The summed E-state index contributed by atoms with van der Waals surface area (Å²) >= 11 is -3.32. The van der Waals surface area contributed by atoms with E-state index in [1.807, 2.05) is 32.2 Å². The first-order valence-electron chi connectivity index (χ1n) is 26.7. The molecule has 1 saturated heterocycles. The molecule has 0 aromatic heterocycles. The Labute approximate surface area is 463 Å². The molecular formula is C60H68IN6O12-. The summed E-state index contributed by atoms with van der Waals surface area (Å²) in [7, 11) is 4.67. The van der Waals surface area contributed by atoms with Gasteiger partial charge in [0.1, 0.15) is 12.6 Å². The molecule has 5 aromatic rings. The van der Waals surface area contributed by atoms with Crippen molar-refractivity contribution in [2.45, 2.75) is 94.7 Å². The van der Waals surface area contributed by atoms with Crippen molar-refractivity contribution >= 4 is 67.2 Å². The molecule has 5 N–H and O–H groups in total. The normalized spacial score (nSPS) is 22.0. The number of hydrogen-bond donors (Lipinski definition) is 4. The van der Waals surface area contributed by atoms with Gasteiger partial charge in [0.25, 0.3) is 5.91 Å². The van der Waals surface area contributed by atoms with Gasteiger partial charge in [0.15, 0.2) is 6.23 Å². The molecule has 2 unspecified atom stereocenters. The fourth-order valence-electron chi connectivity index (χ4n) is 10.8. The first-order chi connectivity index (χ1) is 38.0.